The largest absolute Gasteiger partial charge is 0.501 e. The third-order valence-corrected chi connectivity index (χ3v) is 1.52. The Morgan fingerprint density at radius 3 is 2.50 bits per heavy atom. The van der Waals surface area contributed by atoms with Gasteiger partial charge in [-0.2, -0.15) is 8.78 Å². The SMILES string of the molecule is O=Cc1cc(F)cc(OC(F)(F)C(=O)O)c1. The molecule has 1 rings (SSSR count). The van der Waals surface area contributed by atoms with Gasteiger partial charge in [0, 0.05) is 11.6 Å². The number of benzene rings is 1. The number of rotatable bonds is 4. The summed E-state index contributed by atoms with van der Waals surface area (Å²) >= 11 is 0. The molecule has 0 radical (unpaired) electrons. The quantitative estimate of drug-likeness (QED) is 0.805. The van der Waals surface area contributed by atoms with Crippen molar-refractivity contribution < 1.29 is 32.6 Å². The number of carboxylic acid groups (broad SMARTS) is 1. The predicted octanol–water partition coefficient (Wildman–Crippen LogP) is 1.69. The molecule has 16 heavy (non-hydrogen) atoms. The van der Waals surface area contributed by atoms with Crippen molar-refractivity contribution in [3.63, 3.8) is 0 Å². The highest BCUT2D eigenvalue weighted by atomic mass is 19.3. The zero-order chi connectivity index (χ0) is 12.3. The van der Waals surface area contributed by atoms with Crippen LogP contribution in [0.2, 0.25) is 0 Å². The van der Waals surface area contributed by atoms with Crippen molar-refractivity contribution in [3.05, 3.63) is 29.6 Å². The summed E-state index contributed by atoms with van der Waals surface area (Å²) in [6, 6.07) is 2.13. The van der Waals surface area contributed by atoms with E-state index in [1.54, 1.807) is 0 Å². The lowest BCUT2D eigenvalue weighted by Crippen LogP contribution is -2.34. The van der Waals surface area contributed by atoms with Crippen LogP contribution in [-0.2, 0) is 4.79 Å². The summed E-state index contributed by atoms with van der Waals surface area (Å²) in [5.41, 5.74) is -0.240. The normalized spacial score (nSPS) is 10.9. The molecule has 1 N–H and O–H groups in total. The van der Waals surface area contributed by atoms with E-state index in [2.05, 4.69) is 4.74 Å². The van der Waals surface area contributed by atoms with Crippen molar-refractivity contribution in [3.8, 4) is 5.75 Å². The molecule has 0 fully saturated rings. The molecule has 1 aromatic carbocycles. The first-order valence-electron chi connectivity index (χ1n) is 3.91. The molecule has 0 aliphatic rings. The molecule has 0 saturated heterocycles. The molecule has 0 unspecified atom stereocenters. The summed E-state index contributed by atoms with van der Waals surface area (Å²) in [6.45, 7) is 0. The van der Waals surface area contributed by atoms with E-state index < -0.39 is 23.6 Å². The summed E-state index contributed by atoms with van der Waals surface area (Å²) in [7, 11) is 0. The zero-order valence-electron chi connectivity index (χ0n) is 7.62. The van der Waals surface area contributed by atoms with Gasteiger partial charge in [-0.25, -0.2) is 9.18 Å². The number of carbonyl (C=O) groups excluding carboxylic acids is 1. The number of hydrogen-bond acceptors (Lipinski definition) is 3. The van der Waals surface area contributed by atoms with Crippen molar-refractivity contribution in [2.45, 2.75) is 6.11 Å². The van der Waals surface area contributed by atoms with Crippen LogP contribution in [0, 0.1) is 5.82 Å². The second kappa shape index (κ2) is 4.21. The Labute approximate surface area is 87.3 Å². The molecular formula is C9H5F3O4. The molecule has 0 amide bonds. The van der Waals surface area contributed by atoms with Crippen LogP contribution in [0.5, 0.6) is 5.75 Å². The highest BCUT2D eigenvalue weighted by Gasteiger charge is 2.42. The lowest BCUT2D eigenvalue weighted by atomic mass is 10.2. The van der Waals surface area contributed by atoms with Crippen LogP contribution in [0.4, 0.5) is 13.2 Å². The van der Waals surface area contributed by atoms with Crippen LogP contribution in [0.25, 0.3) is 0 Å². The van der Waals surface area contributed by atoms with Crippen LogP contribution in [-0.4, -0.2) is 23.5 Å². The summed E-state index contributed by atoms with van der Waals surface area (Å²) in [6.07, 6.45) is -4.26. The molecule has 0 aliphatic carbocycles. The number of aldehydes is 1. The Hall–Kier alpha value is -2.05. The first-order chi connectivity index (χ1) is 7.35. The second-order valence-electron chi connectivity index (χ2n) is 2.76. The van der Waals surface area contributed by atoms with Gasteiger partial charge in [-0.3, -0.25) is 4.79 Å². The summed E-state index contributed by atoms with van der Waals surface area (Å²) in [5, 5.41) is 8.06. The number of ether oxygens (including phenoxy) is 1. The van der Waals surface area contributed by atoms with Gasteiger partial charge in [-0.15, -0.1) is 0 Å². The Morgan fingerprint density at radius 1 is 1.38 bits per heavy atom. The van der Waals surface area contributed by atoms with E-state index in [0.717, 1.165) is 12.1 Å². The van der Waals surface area contributed by atoms with Crippen molar-refractivity contribution in [1.29, 1.82) is 0 Å². The fraction of sp³-hybridized carbons (Fsp3) is 0.111. The van der Waals surface area contributed by atoms with Gasteiger partial charge in [0.15, 0.2) is 0 Å². The number of carbonyl (C=O) groups is 2. The molecule has 0 spiro atoms. The highest BCUT2D eigenvalue weighted by molar-refractivity contribution is 5.76. The van der Waals surface area contributed by atoms with Gasteiger partial charge in [0.1, 0.15) is 17.9 Å². The number of aliphatic carboxylic acids is 1. The average Bonchev–Trinajstić information content (AvgIpc) is 2.15. The first kappa shape index (κ1) is 12.0. The minimum Gasteiger partial charge on any atom is -0.474 e. The molecule has 0 saturated carbocycles. The molecule has 0 heterocycles. The molecule has 0 atom stereocenters. The number of alkyl halides is 2. The standard InChI is InChI=1S/C9H5F3O4/c10-6-1-5(4-13)2-7(3-6)16-9(11,12)8(14)15/h1-4H,(H,14,15). The average molecular weight is 234 g/mol. The Bertz CT molecular complexity index is 431. The van der Waals surface area contributed by atoms with E-state index in [0.29, 0.717) is 6.07 Å². The van der Waals surface area contributed by atoms with E-state index in [4.69, 9.17) is 5.11 Å². The maximum Gasteiger partial charge on any atom is 0.501 e. The lowest BCUT2D eigenvalue weighted by Gasteiger charge is -2.13. The maximum absolute atomic E-state index is 12.8. The minimum absolute atomic E-state index is 0.217. The van der Waals surface area contributed by atoms with Gasteiger partial charge < -0.3 is 9.84 Å². The highest BCUT2D eigenvalue weighted by Crippen LogP contribution is 2.23. The maximum atomic E-state index is 12.8. The fourth-order valence-electron chi connectivity index (χ4n) is 0.903. The van der Waals surface area contributed by atoms with Crippen molar-refractivity contribution in [1.82, 2.24) is 0 Å². The minimum atomic E-state index is -4.48. The smallest absolute Gasteiger partial charge is 0.474 e. The number of halogens is 3. The van der Waals surface area contributed by atoms with Gasteiger partial charge in [-0.05, 0) is 12.1 Å². The van der Waals surface area contributed by atoms with Crippen molar-refractivity contribution >= 4 is 12.3 Å². The molecule has 0 aromatic heterocycles. The zero-order valence-corrected chi connectivity index (χ0v) is 7.62. The van der Waals surface area contributed by atoms with Gasteiger partial charge in [-0.1, -0.05) is 0 Å². The topological polar surface area (TPSA) is 63.6 Å². The van der Waals surface area contributed by atoms with Gasteiger partial charge in [0.2, 0.25) is 0 Å². The molecule has 0 bridgehead atoms. The van der Waals surface area contributed by atoms with E-state index in [9.17, 15) is 22.8 Å². The van der Waals surface area contributed by atoms with E-state index >= 15 is 0 Å². The summed E-state index contributed by atoms with van der Waals surface area (Å²) in [5.74, 6) is -4.24. The number of carboxylic acids is 1. The third kappa shape index (κ3) is 2.72. The van der Waals surface area contributed by atoms with Crippen LogP contribution < -0.4 is 4.74 Å². The monoisotopic (exact) mass is 234 g/mol. The number of hydrogen-bond donors (Lipinski definition) is 1. The summed E-state index contributed by atoms with van der Waals surface area (Å²) in [4.78, 5) is 20.3. The van der Waals surface area contributed by atoms with Gasteiger partial charge in [0.05, 0.1) is 0 Å². The lowest BCUT2D eigenvalue weighted by molar-refractivity contribution is -0.210. The Morgan fingerprint density at radius 2 is 2.00 bits per heavy atom. The van der Waals surface area contributed by atoms with Crippen molar-refractivity contribution in [2.24, 2.45) is 0 Å². The van der Waals surface area contributed by atoms with Crippen molar-refractivity contribution in [2.75, 3.05) is 0 Å². The van der Waals surface area contributed by atoms with E-state index in [1.165, 1.54) is 0 Å². The second-order valence-corrected chi connectivity index (χ2v) is 2.76. The molecule has 86 valence electrons. The van der Waals surface area contributed by atoms with Gasteiger partial charge in [0.25, 0.3) is 0 Å². The Balaban J connectivity index is 3.01. The predicted molar refractivity (Wildman–Crippen MR) is 45.0 cm³/mol. The molecule has 1 aromatic rings. The van der Waals surface area contributed by atoms with Crippen LogP contribution >= 0.6 is 0 Å². The Kier molecular flexibility index (Phi) is 3.17. The van der Waals surface area contributed by atoms with E-state index in [1.807, 2.05) is 0 Å². The third-order valence-electron chi connectivity index (χ3n) is 1.52. The molecule has 7 heteroatoms. The van der Waals surface area contributed by atoms with Gasteiger partial charge >= 0.3 is 12.1 Å². The van der Waals surface area contributed by atoms with E-state index in [-0.39, 0.29) is 11.8 Å². The molecular weight excluding hydrogens is 229 g/mol. The fourth-order valence-corrected chi connectivity index (χ4v) is 0.903. The summed E-state index contributed by atoms with van der Waals surface area (Å²) < 4.78 is 41.6. The first-order valence-corrected chi connectivity index (χ1v) is 3.91. The van der Waals surface area contributed by atoms with Crippen LogP contribution in [0.1, 0.15) is 10.4 Å². The molecule has 4 nitrogen and oxygen atoms in total. The van der Waals surface area contributed by atoms with Crippen LogP contribution in [0.15, 0.2) is 18.2 Å². The molecule has 0 aliphatic heterocycles. The van der Waals surface area contributed by atoms with Crippen LogP contribution in [0.3, 0.4) is 0 Å².